The van der Waals surface area contributed by atoms with Gasteiger partial charge in [-0.1, -0.05) is 25.5 Å². The minimum Gasteiger partial charge on any atom is -0.481 e. The van der Waals surface area contributed by atoms with Crippen LogP contribution in [-0.2, 0) is 24.8 Å². The summed E-state index contributed by atoms with van der Waals surface area (Å²) >= 11 is 0. The topological polar surface area (TPSA) is 140 Å². The number of aromatic nitrogens is 2. The van der Waals surface area contributed by atoms with Gasteiger partial charge in [-0.2, -0.15) is 5.10 Å². The number of aliphatic hydroxyl groups is 3. The highest BCUT2D eigenvalue weighted by atomic mass is 31.2. The van der Waals surface area contributed by atoms with Crippen molar-refractivity contribution in [3.05, 3.63) is 47.3 Å². The quantitative estimate of drug-likeness (QED) is 0.313. The van der Waals surface area contributed by atoms with Crippen LogP contribution in [0.25, 0.3) is 11.8 Å². The summed E-state index contributed by atoms with van der Waals surface area (Å²) in [4.78, 5) is 12.7. The molecule has 240 valence electrons. The first kappa shape index (κ1) is 31.6. The average Bonchev–Trinajstić information content (AvgIpc) is 3.51. The fourth-order valence-electron chi connectivity index (χ4n) is 9.35. The van der Waals surface area contributed by atoms with Crippen LogP contribution in [0.3, 0.4) is 0 Å². The Labute approximate surface area is 258 Å². The summed E-state index contributed by atoms with van der Waals surface area (Å²) in [5.74, 6) is 0.262. The van der Waals surface area contributed by atoms with Gasteiger partial charge < -0.3 is 29.1 Å². The van der Waals surface area contributed by atoms with Crippen LogP contribution < -0.4 is 4.74 Å². The Morgan fingerprint density at radius 1 is 1.18 bits per heavy atom. The van der Waals surface area contributed by atoms with Gasteiger partial charge in [0, 0.05) is 11.5 Å². The molecule has 10 nitrogen and oxygen atoms in total. The molecule has 0 spiro atoms. The number of rotatable bonds is 10. The molecule has 0 radical (unpaired) electrons. The lowest BCUT2D eigenvalue weighted by Gasteiger charge is -2.60. The third-order valence-electron chi connectivity index (χ3n) is 11.3. The monoisotopic (exact) mass is 628 g/mol. The highest BCUT2D eigenvalue weighted by Gasteiger charge is 2.68. The molecule has 0 bridgehead atoms. The normalized spacial score (nSPS) is 34.4. The van der Waals surface area contributed by atoms with Crippen molar-refractivity contribution in [2.75, 3.05) is 26.2 Å². The highest BCUT2D eigenvalue weighted by Crippen LogP contribution is 2.67. The fraction of sp³-hybridized carbons (Fsp3) is 0.636. The van der Waals surface area contributed by atoms with Crippen molar-refractivity contribution >= 4 is 19.5 Å². The molecular weight excluding hydrogens is 583 g/mol. The van der Waals surface area contributed by atoms with Crippen molar-refractivity contribution in [1.82, 2.24) is 9.78 Å². The van der Waals surface area contributed by atoms with Crippen molar-refractivity contribution in [3.8, 4) is 11.4 Å². The van der Waals surface area contributed by atoms with Crippen LogP contribution in [0, 0.1) is 28.6 Å². The largest absolute Gasteiger partial charge is 0.481 e. The number of hydrogen-bond donors (Lipinski definition) is 3. The van der Waals surface area contributed by atoms with Crippen LogP contribution in [0.2, 0.25) is 0 Å². The van der Waals surface area contributed by atoms with E-state index in [1.807, 2.05) is 36.0 Å². The lowest BCUT2D eigenvalue weighted by molar-refractivity contribution is -0.181. The van der Waals surface area contributed by atoms with Gasteiger partial charge in [-0.05, 0) is 99.3 Å². The number of hydrogen-bond acceptors (Lipinski definition) is 9. The van der Waals surface area contributed by atoms with Crippen LogP contribution in [-0.4, -0.2) is 68.8 Å². The molecule has 0 aliphatic heterocycles. The number of fused-ring (bicyclic) bond motifs is 6. The molecule has 6 rings (SSSR count). The third-order valence-corrected chi connectivity index (χ3v) is 13.0. The van der Waals surface area contributed by atoms with E-state index in [0.717, 1.165) is 36.2 Å². The van der Waals surface area contributed by atoms with Gasteiger partial charge in [-0.25, -0.2) is 4.68 Å². The average molecular weight is 629 g/mol. The van der Waals surface area contributed by atoms with Crippen molar-refractivity contribution in [2.24, 2.45) is 28.6 Å². The molecule has 1 aromatic heterocycles. The molecule has 4 aliphatic carbocycles. The van der Waals surface area contributed by atoms with Gasteiger partial charge in [-0.3, -0.25) is 9.36 Å². The Morgan fingerprint density at radius 2 is 1.93 bits per heavy atom. The number of ether oxygens (including phenoxy) is 1. The maximum atomic E-state index is 12.9. The molecule has 44 heavy (non-hydrogen) atoms. The Kier molecular flexibility index (Phi) is 8.26. The number of aliphatic hydroxyl groups excluding tert-OH is 2. The van der Waals surface area contributed by atoms with Crippen LogP contribution >= 0.6 is 7.60 Å². The van der Waals surface area contributed by atoms with E-state index in [1.165, 1.54) is 5.57 Å². The van der Waals surface area contributed by atoms with Gasteiger partial charge in [0.1, 0.15) is 18.0 Å². The SMILES string of the molecule is CCOP(=O)(COc1cccc(-n2ncc3c2C=C2CCC4C(C(O)C[C@@]5(C)C4CC[C@]5(O)C(=O)CO)[C@@]2(C)C3)c1)OCC. The molecule has 0 saturated heterocycles. The van der Waals surface area contributed by atoms with Crippen molar-refractivity contribution < 1.29 is 38.5 Å². The van der Waals surface area contributed by atoms with Crippen LogP contribution in [0.15, 0.2) is 36.0 Å². The predicted molar refractivity (Wildman–Crippen MR) is 164 cm³/mol. The second-order valence-corrected chi connectivity index (χ2v) is 15.4. The Bertz CT molecular complexity index is 1500. The molecule has 3 fully saturated rings. The number of benzene rings is 1. The number of allylic oxidation sites excluding steroid dienone is 1. The summed E-state index contributed by atoms with van der Waals surface area (Å²) in [7, 11) is -3.36. The maximum absolute atomic E-state index is 12.9. The van der Waals surface area contributed by atoms with Gasteiger partial charge in [0.15, 0.2) is 12.1 Å². The van der Waals surface area contributed by atoms with E-state index in [0.29, 0.717) is 25.0 Å². The van der Waals surface area contributed by atoms with Gasteiger partial charge in [0.25, 0.3) is 0 Å². The van der Waals surface area contributed by atoms with Crippen LogP contribution in [0.5, 0.6) is 5.75 Å². The molecule has 1 heterocycles. The lowest BCUT2D eigenvalue weighted by Crippen LogP contribution is -2.62. The summed E-state index contributed by atoms with van der Waals surface area (Å²) < 4.78 is 31.4. The summed E-state index contributed by atoms with van der Waals surface area (Å²) in [6.45, 7) is 7.57. The van der Waals surface area contributed by atoms with E-state index < -0.39 is 37.1 Å². The smallest absolute Gasteiger partial charge is 0.367 e. The Morgan fingerprint density at radius 3 is 2.64 bits per heavy atom. The maximum Gasteiger partial charge on any atom is 0.367 e. The fourth-order valence-corrected chi connectivity index (χ4v) is 10.7. The summed E-state index contributed by atoms with van der Waals surface area (Å²) in [6, 6.07) is 7.49. The molecule has 2 aromatic rings. The molecule has 7 atom stereocenters. The van der Waals surface area contributed by atoms with Crippen molar-refractivity contribution in [2.45, 2.75) is 77.9 Å². The van der Waals surface area contributed by atoms with Crippen molar-refractivity contribution in [1.29, 1.82) is 0 Å². The Hall–Kier alpha value is -2.33. The molecule has 0 amide bonds. The van der Waals surface area contributed by atoms with E-state index in [9.17, 15) is 24.7 Å². The number of carbonyl (C=O) groups excluding carboxylic acids is 1. The number of nitrogens with zero attached hydrogens (tertiary/aromatic N) is 2. The van der Waals surface area contributed by atoms with E-state index in [2.05, 4.69) is 13.0 Å². The molecule has 4 unspecified atom stereocenters. The first-order valence-corrected chi connectivity index (χ1v) is 17.6. The van der Waals surface area contributed by atoms with Gasteiger partial charge in [0.05, 0.1) is 36.9 Å². The molecule has 3 N–H and O–H groups in total. The summed E-state index contributed by atoms with van der Waals surface area (Å²) in [6.07, 6.45) is 7.12. The lowest BCUT2D eigenvalue weighted by atomic mass is 9.45. The van der Waals surface area contributed by atoms with E-state index >= 15 is 0 Å². The molecular formula is C33H45N2O8P. The Balaban J connectivity index is 1.26. The second-order valence-electron chi connectivity index (χ2n) is 13.5. The van der Waals surface area contributed by atoms with Gasteiger partial charge in [0.2, 0.25) is 0 Å². The zero-order chi connectivity index (χ0) is 31.5. The molecule has 11 heteroatoms. The van der Waals surface area contributed by atoms with Gasteiger partial charge in [-0.15, -0.1) is 0 Å². The first-order chi connectivity index (χ1) is 20.9. The van der Waals surface area contributed by atoms with E-state index in [1.54, 1.807) is 19.9 Å². The zero-order valence-electron chi connectivity index (χ0n) is 26.1. The third kappa shape index (κ3) is 4.84. The van der Waals surface area contributed by atoms with E-state index in [4.69, 9.17) is 18.9 Å². The molecule has 1 aromatic carbocycles. The summed E-state index contributed by atoms with van der Waals surface area (Å²) in [5.41, 5.74) is 1.56. The van der Waals surface area contributed by atoms with Gasteiger partial charge >= 0.3 is 7.60 Å². The minimum atomic E-state index is -3.36. The molecule has 3 saturated carbocycles. The molecule has 4 aliphatic rings. The van der Waals surface area contributed by atoms with Crippen molar-refractivity contribution in [3.63, 3.8) is 0 Å². The first-order valence-electron chi connectivity index (χ1n) is 15.9. The minimum absolute atomic E-state index is 0.00764. The second kappa shape index (κ2) is 11.5. The standard InChI is InChI=1S/C33H45N2O8P/c1-5-42-44(40,43-6-2)20-41-24-9-7-8-23(15-24)35-27-14-22-10-11-25-26-12-13-33(39,29(38)19-36)32(26,4)17-28(37)30(25)31(22,3)16-21(27)18-34-35/h7-9,14-15,18,25-26,28,30,36-37,39H,5-6,10-13,16-17,19-20H2,1-4H3/t25?,26?,28?,30?,31-,32-,33-/m0/s1. The number of carbonyl (C=O) groups is 1. The van der Waals surface area contributed by atoms with Crippen LogP contribution in [0.4, 0.5) is 0 Å². The number of ketones is 1. The zero-order valence-corrected chi connectivity index (χ0v) is 27.0. The van der Waals surface area contributed by atoms with Crippen LogP contribution in [0.1, 0.15) is 71.1 Å². The predicted octanol–water partition coefficient (Wildman–Crippen LogP) is 4.92. The number of Topliss-reactive ketones (excluding diaryl/α,β-unsaturated/α-hetero) is 1. The van der Waals surface area contributed by atoms with E-state index in [-0.39, 0.29) is 42.7 Å². The highest BCUT2D eigenvalue weighted by molar-refractivity contribution is 7.53. The summed E-state index contributed by atoms with van der Waals surface area (Å²) in [5, 5.41) is 37.7.